The summed E-state index contributed by atoms with van der Waals surface area (Å²) in [7, 11) is 1.60. The van der Waals surface area contributed by atoms with Gasteiger partial charge in [0.2, 0.25) is 0 Å². The molecular weight excluding hydrogens is 240 g/mol. The molecule has 1 aliphatic heterocycles. The number of amides is 1. The summed E-state index contributed by atoms with van der Waals surface area (Å²) in [5.74, 6) is 0.578. The molecule has 0 spiro atoms. The van der Waals surface area contributed by atoms with Crippen molar-refractivity contribution in [3.63, 3.8) is 0 Å². The van der Waals surface area contributed by atoms with Gasteiger partial charge in [0.1, 0.15) is 5.75 Å². The van der Waals surface area contributed by atoms with Gasteiger partial charge in [-0.25, -0.2) is 0 Å². The van der Waals surface area contributed by atoms with E-state index in [-0.39, 0.29) is 5.91 Å². The average molecular weight is 260 g/mol. The van der Waals surface area contributed by atoms with E-state index in [1.165, 1.54) is 0 Å². The lowest BCUT2D eigenvalue weighted by Crippen LogP contribution is -2.49. The molecule has 1 aromatic rings. The monoisotopic (exact) mass is 260 g/mol. The van der Waals surface area contributed by atoms with Gasteiger partial charge >= 0.3 is 0 Å². The molecule has 4 heteroatoms. The van der Waals surface area contributed by atoms with E-state index >= 15 is 0 Å². The summed E-state index contributed by atoms with van der Waals surface area (Å²) in [5.41, 5.74) is 0.803. The molecule has 19 heavy (non-hydrogen) atoms. The van der Waals surface area contributed by atoms with Crippen molar-refractivity contribution in [2.24, 2.45) is 0 Å². The number of benzene rings is 1. The topological polar surface area (TPSA) is 62.1 Å². The zero-order chi connectivity index (χ0) is 14.5. The minimum atomic E-state index is -0.810. The highest BCUT2D eigenvalue weighted by molar-refractivity contribution is 5.85. The normalized spacial score (nSPS) is 19.9. The number of carbonyl (C=O) groups is 1. The molecule has 1 amide bonds. The number of rotatable bonds is 1. The highest BCUT2D eigenvalue weighted by Gasteiger charge is 2.38. The average Bonchev–Trinajstić information content (AvgIpc) is 2.47. The Morgan fingerprint density at radius 2 is 2.16 bits per heavy atom. The molecule has 1 heterocycles. The number of hydrogen-bond acceptors (Lipinski definition) is 3. The molecule has 0 fully saturated rings. The lowest BCUT2D eigenvalue weighted by Gasteiger charge is -2.34. The van der Waals surface area contributed by atoms with Gasteiger partial charge < -0.3 is 10.1 Å². The Morgan fingerprint density at radius 3 is 2.74 bits per heavy atom. The third-order valence-electron chi connectivity index (χ3n) is 3.10. The van der Waals surface area contributed by atoms with Crippen LogP contribution in [0.2, 0.25) is 0 Å². The van der Waals surface area contributed by atoms with Crippen LogP contribution < -0.4 is 10.1 Å². The summed E-state index contributed by atoms with van der Waals surface area (Å²) < 4.78 is 5.75. The number of fused-ring (bicyclic) bond motifs is 1. The van der Waals surface area contributed by atoms with Crippen molar-refractivity contribution in [2.75, 3.05) is 7.05 Å². The van der Waals surface area contributed by atoms with E-state index in [0.717, 1.165) is 12.0 Å². The van der Waals surface area contributed by atoms with Crippen LogP contribution in [-0.4, -0.2) is 18.6 Å². The maximum absolute atomic E-state index is 11.7. The Labute approximate surface area is 114 Å². The summed E-state index contributed by atoms with van der Waals surface area (Å²) >= 11 is 0. The summed E-state index contributed by atoms with van der Waals surface area (Å²) in [5, 5.41) is 11.4. The van der Waals surface area contributed by atoms with Crippen molar-refractivity contribution >= 4 is 5.91 Å². The van der Waals surface area contributed by atoms with Gasteiger partial charge in [-0.15, -0.1) is 0 Å². The van der Waals surface area contributed by atoms with Crippen molar-refractivity contribution in [2.45, 2.75) is 39.2 Å². The van der Waals surface area contributed by atoms with Crippen molar-refractivity contribution in [3.8, 4) is 11.8 Å². The first-order chi connectivity index (χ1) is 9.09. The molecule has 1 aliphatic rings. The SMILES string of the molecule is CC.CNC(=O)C1(C)CCc2cc(C#N)ccc2O1. The first-order valence-corrected chi connectivity index (χ1v) is 6.53. The predicted molar refractivity (Wildman–Crippen MR) is 73.9 cm³/mol. The largest absolute Gasteiger partial charge is 0.477 e. The van der Waals surface area contributed by atoms with E-state index in [1.54, 1.807) is 26.1 Å². The van der Waals surface area contributed by atoms with Crippen LogP contribution in [0.3, 0.4) is 0 Å². The zero-order valence-electron chi connectivity index (χ0n) is 11.9. The van der Waals surface area contributed by atoms with Crippen LogP contribution >= 0.6 is 0 Å². The molecule has 0 saturated carbocycles. The van der Waals surface area contributed by atoms with Crippen LogP contribution in [0.25, 0.3) is 0 Å². The van der Waals surface area contributed by atoms with Crippen LogP contribution in [0, 0.1) is 11.3 Å². The van der Waals surface area contributed by atoms with Crippen molar-refractivity contribution in [3.05, 3.63) is 29.3 Å². The van der Waals surface area contributed by atoms with E-state index in [9.17, 15) is 4.79 Å². The molecule has 1 atom stereocenters. The van der Waals surface area contributed by atoms with Crippen molar-refractivity contribution in [1.29, 1.82) is 5.26 Å². The van der Waals surface area contributed by atoms with Gasteiger partial charge in [-0.05, 0) is 37.1 Å². The Balaban J connectivity index is 0.000000861. The zero-order valence-corrected chi connectivity index (χ0v) is 11.9. The van der Waals surface area contributed by atoms with Crippen LogP contribution in [0.4, 0.5) is 0 Å². The highest BCUT2D eigenvalue weighted by Crippen LogP contribution is 2.33. The Hall–Kier alpha value is -2.02. The summed E-state index contributed by atoms with van der Waals surface area (Å²) in [4.78, 5) is 11.7. The Bertz CT molecular complexity index is 505. The summed E-state index contributed by atoms with van der Waals surface area (Å²) in [6, 6.07) is 7.38. The fraction of sp³-hybridized carbons (Fsp3) is 0.467. The van der Waals surface area contributed by atoms with Gasteiger partial charge in [-0.3, -0.25) is 4.79 Å². The van der Waals surface area contributed by atoms with Gasteiger partial charge in [0.15, 0.2) is 5.60 Å². The second kappa shape index (κ2) is 6.24. The standard InChI is InChI=1S/C13H14N2O2.C2H6/c1-13(12(16)15-2)6-5-10-7-9(8-14)3-4-11(10)17-13;1-2/h3-4,7H,5-6H2,1-2H3,(H,15,16);1-2H3. The van der Waals surface area contributed by atoms with Crippen LogP contribution in [0.5, 0.6) is 5.75 Å². The third-order valence-corrected chi connectivity index (χ3v) is 3.10. The smallest absolute Gasteiger partial charge is 0.263 e. The second-order valence-corrected chi connectivity index (χ2v) is 4.35. The molecule has 0 aliphatic carbocycles. The van der Waals surface area contributed by atoms with Crippen LogP contribution in [-0.2, 0) is 11.2 Å². The second-order valence-electron chi connectivity index (χ2n) is 4.35. The Morgan fingerprint density at radius 1 is 1.47 bits per heavy atom. The van der Waals surface area contributed by atoms with E-state index in [4.69, 9.17) is 10.00 Å². The maximum Gasteiger partial charge on any atom is 0.263 e. The molecule has 0 bridgehead atoms. The van der Waals surface area contributed by atoms with Gasteiger partial charge in [0.25, 0.3) is 5.91 Å². The first kappa shape index (κ1) is 15.0. The predicted octanol–water partition coefficient (Wildman–Crippen LogP) is 2.41. The molecule has 0 aromatic heterocycles. The number of ether oxygens (including phenoxy) is 1. The third kappa shape index (κ3) is 3.05. The fourth-order valence-electron chi connectivity index (χ4n) is 2.04. The van der Waals surface area contributed by atoms with E-state index in [1.807, 2.05) is 19.9 Å². The lowest BCUT2D eigenvalue weighted by atomic mass is 9.91. The summed E-state index contributed by atoms with van der Waals surface area (Å²) in [6.07, 6.45) is 1.36. The molecule has 1 unspecified atom stereocenters. The van der Waals surface area contributed by atoms with Crippen molar-refractivity contribution < 1.29 is 9.53 Å². The molecule has 4 nitrogen and oxygen atoms in total. The number of carbonyl (C=O) groups excluding carboxylic acids is 1. The maximum atomic E-state index is 11.7. The van der Waals surface area contributed by atoms with Crippen LogP contribution in [0.1, 0.15) is 38.3 Å². The summed E-state index contributed by atoms with van der Waals surface area (Å²) in [6.45, 7) is 5.78. The minimum Gasteiger partial charge on any atom is -0.477 e. The minimum absolute atomic E-state index is 0.118. The molecule has 0 radical (unpaired) electrons. The first-order valence-electron chi connectivity index (χ1n) is 6.53. The molecular formula is C15H20N2O2. The molecule has 2 rings (SSSR count). The molecule has 102 valence electrons. The highest BCUT2D eigenvalue weighted by atomic mass is 16.5. The van der Waals surface area contributed by atoms with Gasteiger partial charge in [-0.1, -0.05) is 13.8 Å². The number of hydrogen-bond donors (Lipinski definition) is 1. The van der Waals surface area contributed by atoms with Crippen molar-refractivity contribution in [1.82, 2.24) is 5.32 Å². The number of nitrogens with one attached hydrogen (secondary N) is 1. The number of nitriles is 1. The quantitative estimate of drug-likeness (QED) is 0.843. The molecule has 1 N–H and O–H groups in total. The van der Waals surface area contributed by atoms with Gasteiger partial charge in [0.05, 0.1) is 11.6 Å². The van der Waals surface area contributed by atoms with Gasteiger partial charge in [0, 0.05) is 13.5 Å². The fourth-order valence-corrected chi connectivity index (χ4v) is 2.04. The van der Waals surface area contributed by atoms with Gasteiger partial charge in [-0.2, -0.15) is 5.26 Å². The van der Waals surface area contributed by atoms with Crippen LogP contribution in [0.15, 0.2) is 18.2 Å². The number of aryl methyl sites for hydroxylation is 1. The van der Waals surface area contributed by atoms with E-state index < -0.39 is 5.60 Å². The number of nitrogens with zero attached hydrogens (tertiary/aromatic N) is 1. The lowest BCUT2D eigenvalue weighted by molar-refractivity contribution is -0.136. The molecule has 1 aromatic carbocycles. The van der Waals surface area contributed by atoms with E-state index in [2.05, 4.69) is 11.4 Å². The Kier molecular flexibility index (Phi) is 4.94. The molecule has 0 saturated heterocycles. The van der Waals surface area contributed by atoms with E-state index in [0.29, 0.717) is 17.7 Å². The number of likely N-dealkylation sites (N-methyl/N-ethyl adjacent to an activating group) is 1.